The molecule has 90 valence electrons. The number of anilines is 1. The molecule has 2 unspecified atom stereocenters. The summed E-state index contributed by atoms with van der Waals surface area (Å²) < 4.78 is 5.29. The summed E-state index contributed by atoms with van der Waals surface area (Å²) >= 11 is 1.86. The van der Waals surface area contributed by atoms with Gasteiger partial charge in [-0.25, -0.2) is 0 Å². The van der Waals surface area contributed by atoms with E-state index in [1.54, 1.807) is 7.11 Å². The van der Waals surface area contributed by atoms with Crippen molar-refractivity contribution < 1.29 is 4.74 Å². The monoisotopic (exact) mass is 239 g/mol. The molecular weight excluding hydrogens is 218 g/mol. The van der Waals surface area contributed by atoms with Crippen LogP contribution in [0, 0.1) is 0 Å². The first-order valence-electron chi connectivity index (χ1n) is 5.69. The Balaban J connectivity index is 2.62. The van der Waals surface area contributed by atoms with Gasteiger partial charge in [0.2, 0.25) is 0 Å². The zero-order valence-corrected chi connectivity index (χ0v) is 11.3. The number of hydrogen-bond acceptors (Lipinski definition) is 3. The van der Waals surface area contributed by atoms with E-state index >= 15 is 0 Å². The topological polar surface area (TPSA) is 21.3 Å². The van der Waals surface area contributed by atoms with E-state index in [0.717, 1.165) is 11.4 Å². The van der Waals surface area contributed by atoms with Crippen molar-refractivity contribution in [2.45, 2.75) is 37.8 Å². The minimum atomic E-state index is 0.211. The Morgan fingerprint density at radius 2 is 2.12 bits per heavy atom. The van der Waals surface area contributed by atoms with Crippen LogP contribution in [0.1, 0.15) is 20.8 Å². The number of methoxy groups -OCH3 is 1. The predicted molar refractivity (Wildman–Crippen MR) is 72.4 cm³/mol. The molecule has 1 N–H and O–H groups in total. The highest BCUT2D eigenvalue weighted by molar-refractivity contribution is 7.99. The molecule has 0 aliphatic carbocycles. The lowest BCUT2D eigenvalue weighted by Gasteiger charge is -2.21. The van der Waals surface area contributed by atoms with Crippen LogP contribution >= 0.6 is 11.8 Å². The van der Waals surface area contributed by atoms with Crippen LogP contribution < -0.4 is 5.32 Å². The fourth-order valence-corrected chi connectivity index (χ4v) is 2.15. The van der Waals surface area contributed by atoms with Gasteiger partial charge >= 0.3 is 0 Å². The molecule has 2 nitrogen and oxygen atoms in total. The van der Waals surface area contributed by atoms with Crippen molar-refractivity contribution in [2.75, 3.05) is 18.2 Å². The number of thioether (sulfide) groups is 1. The second-order valence-corrected chi connectivity index (χ2v) is 5.17. The van der Waals surface area contributed by atoms with E-state index in [1.807, 2.05) is 11.8 Å². The van der Waals surface area contributed by atoms with Crippen LogP contribution in [-0.4, -0.2) is 25.0 Å². The molecule has 0 fully saturated rings. The molecule has 0 aliphatic heterocycles. The summed E-state index contributed by atoms with van der Waals surface area (Å²) in [6, 6.07) is 8.83. The van der Waals surface area contributed by atoms with Gasteiger partial charge in [-0.05, 0) is 37.8 Å². The summed E-state index contributed by atoms with van der Waals surface area (Å²) in [5.41, 5.74) is 1.16. The van der Waals surface area contributed by atoms with Gasteiger partial charge in [0.25, 0.3) is 0 Å². The van der Waals surface area contributed by atoms with Gasteiger partial charge in [-0.3, -0.25) is 0 Å². The van der Waals surface area contributed by atoms with Crippen molar-refractivity contribution in [3.8, 4) is 0 Å². The molecule has 1 aromatic carbocycles. The Labute approximate surface area is 103 Å². The summed E-state index contributed by atoms with van der Waals surface area (Å²) in [7, 11) is 1.74. The molecule has 0 saturated heterocycles. The van der Waals surface area contributed by atoms with Gasteiger partial charge in [0.05, 0.1) is 6.10 Å². The molecule has 0 bridgehead atoms. The molecule has 0 aliphatic rings. The second kappa shape index (κ2) is 6.81. The molecule has 0 aromatic heterocycles. The lowest BCUT2D eigenvalue weighted by atomic mass is 10.2. The van der Waals surface area contributed by atoms with Gasteiger partial charge in [-0.2, -0.15) is 0 Å². The Morgan fingerprint density at radius 1 is 1.38 bits per heavy atom. The first-order chi connectivity index (χ1) is 7.67. The Hall–Kier alpha value is -0.670. The minimum absolute atomic E-state index is 0.211. The van der Waals surface area contributed by atoms with Crippen molar-refractivity contribution in [2.24, 2.45) is 0 Å². The Morgan fingerprint density at radius 3 is 2.75 bits per heavy atom. The van der Waals surface area contributed by atoms with Gasteiger partial charge in [0, 0.05) is 23.7 Å². The van der Waals surface area contributed by atoms with E-state index < -0.39 is 0 Å². The lowest BCUT2D eigenvalue weighted by Crippen LogP contribution is -2.29. The highest BCUT2D eigenvalue weighted by Crippen LogP contribution is 2.21. The maximum absolute atomic E-state index is 5.29. The molecule has 3 heteroatoms. The highest BCUT2D eigenvalue weighted by atomic mass is 32.2. The van der Waals surface area contributed by atoms with Gasteiger partial charge in [-0.1, -0.05) is 13.0 Å². The van der Waals surface area contributed by atoms with Crippen LogP contribution in [0.2, 0.25) is 0 Å². The van der Waals surface area contributed by atoms with Gasteiger partial charge in [-0.15, -0.1) is 11.8 Å². The molecule has 0 saturated carbocycles. The zero-order chi connectivity index (χ0) is 12.0. The quantitative estimate of drug-likeness (QED) is 0.766. The number of rotatable bonds is 6. The molecule has 1 aromatic rings. The van der Waals surface area contributed by atoms with Crippen molar-refractivity contribution in [1.82, 2.24) is 0 Å². The van der Waals surface area contributed by atoms with E-state index in [9.17, 15) is 0 Å². The molecular formula is C13H21NOS. The van der Waals surface area contributed by atoms with Crippen molar-refractivity contribution >= 4 is 17.4 Å². The first kappa shape index (κ1) is 13.4. The summed E-state index contributed by atoms with van der Waals surface area (Å²) in [5, 5.41) is 3.45. The summed E-state index contributed by atoms with van der Waals surface area (Å²) in [4.78, 5) is 1.31. The maximum atomic E-state index is 5.29. The molecule has 0 heterocycles. The first-order valence-corrected chi connectivity index (χ1v) is 6.68. The number of hydrogen-bond donors (Lipinski definition) is 1. The fourth-order valence-electron chi connectivity index (χ4n) is 1.43. The number of nitrogens with one attached hydrogen (secondary N) is 1. The third-order valence-electron chi connectivity index (χ3n) is 2.62. The summed E-state index contributed by atoms with van der Waals surface area (Å²) in [6.45, 7) is 6.37. The van der Waals surface area contributed by atoms with Crippen LogP contribution in [0.5, 0.6) is 0 Å². The van der Waals surface area contributed by atoms with Gasteiger partial charge < -0.3 is 10.1 Å². The third kappa shape index (κ3) is 4.06. The van der Waals surface area contributed by atoms with E-state index in [4.69, 9.17) is 4.74 Å². The fraction of sp³-hybridized carbons (Fsp3) is 0.538. The van der Waals surface area contributed by atoms with E-state index in [-0.39, 0.29) is 6.10 Å². The normalized spacial score (nSPS) is 14.5. The van der Waals surface area contributed by atoms with E-state index in [2.05, 4.69) is 50.4 Å². The van der Waals surface area contributed by atoms with Crippen molar-refractivity contribution in [3.05, 3.63) is 24.3 Å². The van der Waals surface area contributed by atoms with Gasteiger partial charge in [0.1, 0.15) is 0 Å². The number of benzene rings is 1. The predicted octanol–water partition coefficient (Wildman–Crippen LogP) is 3.63. The van der Waals surface area contributed by atoms with Crippen LogP contribution in [0.25, 0.3) is 0 Å². The average Bonchev–Trinajstić information content (AvgIpc) is 2.29. The Bertz CT molecular complexity index is 317. The SMILES string of the molecule is CCSc1cccc(NC(C)C(C)OC)c1. The molecule has 0 spiro atoms. The van der Waals surface area contributed by atoms with E-state index in [0.29, 0.717) is 6.04 Å². The van der Waals surface area contributed by atoms with Crippen molar-refractivity contribution in [3.63, 3.8) is 0 Å². The van der Waals surface area contributed by atoms with Crippen molar-refractivity contribution in [1.29, 1.82) is 0 Å². The molecule has 1 rings (SSSR count). The summed E-state index contributed by atoms with van der Waals surface area (Å²) in [5.74, 6) is 1.10. The molecule has 16 heavy (non-hydrogen) atoms. The third-order valence-corrected chi connectivity index (χ3v) is 3.49. The van der Waals surface area contributed by atoms with Crippen LogP contribution in [0.4, 0.5) is 5.69 Å². The number of ether oxygens (including phenoxy) is 1. The average molecular weight is 239 g/mol. The second-order valence-electron chi connectivity index (χ2n) is 3.83. The standard InChI is InChI=1S/C13H21NOS/c1-5-16-13-8-6-7-12(9-13)14-10(2)11(3)15-4/h6-11,14H,5H2,1-4H3. The zero-order valence-electron chi connectivity index (χ0n) is 10.5. The Kier molecular flexibility index (Phi) is 5.71. The van der Waals surface area contributed by atoms with Crippen LogP contribution in [0.3, 0.4) is 0 Å². The maximum Gasteiger partial charge on any atom is 0.0741 e. The largest absolute Gasteiger partial charge is 0.380 e. The summed E-state index contributed by atoms with van der Waals surface area (Å²) in [6.07, 6.45) is 0.211. The van der Waals surface area contributed by atoms with Gasteiger partial charge in [0.15, 0.2) is 0 Å². The highest BCUT2D eigenvalue weighted by Gasteiger charge is 2.10. The smallest absolute Gasteiger partial charge is 0.0741 e. The van der Waals surface area contributed by atoms with Crippen LogP contribution in [0.15, 0.2) is 29.2 Å². The minimum Gasteiger partial charge on any atom is -0.380 e. The van der Waals surface area contributed by atoms with E-state index in [1.165, 1.54) is 4.90 Å². The molecule has 0 radical (unpaired) electrons. The van der Waals surface area contributed by atoms with Crippen LogP contribution in [-0.2, 0) is 4.74 Å². The lowest BCUT2D eigenvalue weighted by molar-refractivity contribution is 0.106. The molecule has 2 atom stereocenters. The molecule has 0 amide bonds.